The average Bonchev–Trinajstić information content (AvgIpc) is 2.35. The molecule has 0 radical (unpaired) electrons. The molecular formula is C13H29NO2S. The van der Waals surface area contributed by atoms with Crippen molar-refractivity contribution in [3.05, 3.63) is 0 Å². The van der Waals surface area contributed by atoms with Crippen LogP contribution in [0.4, 0.5) is 0 Å². The average molecular weight is 263 g/mol. The van der Waals surface area contributed by atoms with Crippen LogP contribution in [0.1, 0.15) is 32.1 Å². The minimum Gasteiger partial charge on any atom is -0.385 e. The van der Waals surface area contributed by atoms with Crippen LogP contribution in [0.2, 0.25) is 0 Å². The molecule has 0 aliphatic carbocycles. The van der Waals surface area contributed by atoms with E-state index in [9.17, 15) is 0 Å². The predicted molar refractivity (Wildman–Crippen MR) is 77.0 cm³/mol. The Bertz CT molecular complexity index is 123. The summed E-state index contributed by atoms with van der Waals surface area (Å²) in [5, 5.41) is 3.41. The number of hydrogen-bond donors (Lipinski definition) is 1. The second-order valence-electron chi connectivity index (χ2n) is 4.12. The summed E-state index contributed by atoms with van der Waals surface area (Å²) < 4.78 is 10.4. The molecule has 1 N–H and O–H groups in total. The van der Waals surface area contributed by atoms with Crippen molar-refractivity contribution in [3.8, 4) is 0 Å². The van der Waals surface area contributed by atoms with Gasteiger partial charge in [0.2, 0.25) is 0 Å². The zero-order chi connectivity index (χ0) is 12.6. The smallest absolute Gasteiger partial charge is 0.0590 e. The monoisotopic (exact) mass is 263 g/mol. The van der Waals surface area contributed by atoms with E-state index in [-0.39, 0.29) is 0 Å². The van der Waals surface area contributed by atoms with Gasteiger partial charge in [0.05, 0.1) is 6.61 Å². The maximum absolute atomic E-state index is 5.45. The summed E-state index contributed by atoms with van der Waals surface area (Å²) in [5.41, 5.74) is 0. The molecule has 0 aromatic rings. The number of methoxy groups -OCH3 is 1. The van der Waals surface area contributed by atoms with Crippen molar-refractivity contribution in [1.29, 1.82) is 0 Å². The van der Waals surface area contributed by atoms with Crippen LogP contribution in [0, 0.1) is 0 Å². The second-order valence-corrected chi connectivity index (χ2v) is 5.10. The van der Waals surface area contributed by atoms with Gasteiger partial charge in [0, 0.05) is 26.9 Å². The van der Waals surface area contributed by atoms with Gasteiger partial charge in [0.25, 0.3) is 0 Å². The second kappa shape index (κ2) is 16.2. The minimum atomic E-state index is 0.795. The van der Waals surface area contributed by atoms with Crippen molar-refractivity contribution in [2.45, 2.75) is 32.1 Å². The van der Waals surface area contributed by atoms with E-state index in [0.29, 0.717) is 0 Å². The molecule has 3 nitrogen and oxygen atoms in total. The fourth-order valence-corrected chi connectivity index (χ4v) is 2.02. The molecule has 0 fully saturated rings. The van der Waals surface area contributed by atoms with Crippen LogP contribution in [0.25, 0.3) is 0 Å². The van der Waals surface area contributed by atoms with Crippen LogP contribution in [0.15, 0.2) is 0 Å². The van der Waals surface area contributed by atoms with Crippen molar-refractivity contribution in [1.82, 2.24) is 5.32 Å². The van der Waals surface area contributed by atoms with Gasteiger partial charge in [-0.1, -0.05) is 12.8 Å². The highest BCUT2D eigenvalue weighted by molar-refractivity contribution is 7.98. The summed E-state index contributed by atoms with van der Waals surface area (Å²) in [5.74, 6) is 1.31. The highest BCUT2D eigenvalue weighted by Crippen LogP contribution is 2.03. The van der Waals surface area contributed by atoms with Crippen molar-refractivity contribution in [2.75, 3.05) is 52.0 Å². The molecular weight excluding hydrogens is 234 g/mol. The third-order valence-electron chi connectivity index (χ3n) is 2.51. The lowest BCUT2D eigenvalue weighted by atomic mass is 10.2. The molecule has 4 heteroatoms. The highest BCUT2D eigenvalue weighted by atomic mass is 32.2. The molecule has 0 unspecified atom stereocenters. The zero-order valence-electron chi connectivity index (χ0n) is 11.5. The van der Waals surface area contributed by atoms with Crippen LogP contribution in [-0.4, -0.2) is 52.0 Å². The number of hydrogen-bond acceptors (Lipinski definition) is 4. The van der Waals surface area contributed by atoms with Crippen LogP contribution < -0.4 is 5.32 Å². The molecule has 0 spiro atoms. The molecule has 0 heterocycles. The van der Waals surface area contributed by atoms with Gasteiger partial charge in [0.15, 0.2) is 0 Å². The van der Waals surface area contributed by atoms with Crippen molar-refractivity contribution < 1.29 is 9.47 Å². The lowest BCUT2D eigenvalue weighted by Crippen LogP contribution is -2.21. The quantitative estimate of drug-likeness (QED) is 0.488. The molecule has 0 aliphatic rings. The van der Waals surface area contributed by atoms with E-state index in [0.717, 1.165) is 39.3 Å². The Morgan fingerprint density at radius 2 is 1.71 bits per heavy atom. The van der Waals surface area contributed by atoms with Gasteiger partial charge in [0.1, 0.15) is 0 Å². The number of ether oxygens (including phenoxy) is 2. The number of unbranched alkanes of at least 4 members (excludes halogenated alkanes) is 3. The van der Waals surface area contributed by atoms with Gasteiger partial charge in [-0.3, -0.25) is 0 Å². The Kier molecular flexibility index (Phi) is 16.4. The molecule has 0 rings (SSSR count). The van der Waals surface area contributed by atoms with E-state index in [2.05, 4.69) is 11.6 Å². The van der Waals surface area contributed by atoms with Crippen molar-refractivity contribution >= 4 is 11.8 Å². The SMILES string of the molecule is COCCCOCCNCCCCCCSC. The number of nitrogens with one attached hydrogen (secondary N) is 1. The Balaban J connectivity index is 2.85. The van der Waals surface area contributed by atoms with Gasteiger partial charge in [-0.2, -0.15) is 11.8 Å². The summed E-state index contributed by atoms with van der Waals surface area (Å²) in [6.07, 6.45) is 8.54. The first kappa shape index (κ1) is 17.2. The summed E-state index contributed by atoms with van der Waals surface area (Å²) in [7, 11) is 1.72. The lowest BCUT2D eigenvalue weighted by Gasteiger charge is -2.06. The normalized spacial score (nSPS) is 10.9. The summed E-state index contributed by atoms with van der Waals surface area (Å²) in [4.78, 5) is 0. The van der Waals surface area contributed by atoms with E-state index in [1.54, 1.807) is 7.11 Å². The van der Waals surface area contributed by atoms with Crippen LogP contribution in [-0.2, 0) is 9.47 Å². The first-order chi connectivity index (χ1) is 8.41. The van der Waals surface area contributed by atoms with Crippen molar-refractivity contribution in [3.63, 3.8) is 0 Å². The fourth-order valence-electron chi connectivity index (χ4n) is 1.53. The molecule has 0 saturated heterocycles. The third kappa shape index (κ3) is 16.2. The number of rotatable bonds is 14. The van der Waals surface area contributed by atoms with Gasteiger partial charge < -0.3 is 14.8 Å². The molecule has 0 amide bonds. The Morgan fingerprint density at radius 1 is 0.882 bits per heavy atom. The summed E-state index contributed by atoms with van der Waals surface area (Å²) >= 11 is 1.94. The first-order valence-electron chi connectivity index (χ1n) is 6.68. The molecule has 0 aromatic heterocycles. The van der Waals surface area contributed by atoms with Gasteiger partial charge in [-0.15, -0.1) is 0 Å². The lowest BCUT2D eigenvalue weighted by molar-refractivity contribution is 0.104. The van der Waals surface area contributed by atoms with Crippen LogP contribution >= 0.6 is 11.8 Å². The zero-order valence-corrected chi connectivity index (χ0v) is 12.3. The van der Waals surface area contributed by atoms with Gasteiger partial charge >= 0.3 is 0 Å². The molecule has 0 aliphatic heterocycles. The predicted octanol–water partition coefficient (Wildman–Crippen LogP) is 2.55. The van der Waals surface area contributed by atoms with Crippen molar-refractivity contribution in [2.24, 2.45) is 0 Å². The van der Waals surface area contributed by atoms with Gasteiger partial charge in [-0.05, 0) is 37.8 Å². The Morgan fingerprint density at radius 3 is 2.47 bits per heavy atom. The maximum Gasteiger partial charge on any atom is 0.0590 e. The molecule has 0 bridgehead atoms. The maximum atomic E-state index is 5.45. The van der Waals surface area contributed by atoms with E-state index in [1.165, 1.54) is 31.4 Å². The Labute approximate surface area is 111 Å². The first-order valence-corrected chi connectivity index (χ1v) is 8.07. The molecule has 104 valence electrons. The van der Waals surface area contributed by atoms with Crippen LogP contribution in [0.5, 0.6) is 0 Å². The van der Waals surface area contributed by atoms with E-state index in [4.69, 9.17) is 9.47 Å². The topological polar surface area (TPSA) is 30.5 Å². The van der Waals surface area contributed by atoms with Gasteiger partial charge in [-0.25, -0.2) is 0 Å². The molecule has 0 saturated carbocycles. The third-order valence-corrected chi connectivity index (χ3v) is 3.21. The summed E-state index contributed by atoms with van der Waals surface area (Å²) in [6, 6.07) is 0. The standard InChI is InChI=1S/C13H29NO2S/c1-15-10-7-11-16-12-9-14-8-5-3-4-6-13-17-2/h14H,3-13H2,1-2H3. The fraction of sp³-hybridized carbons (Fsp3) is 1.00. The largest absolute Gasteiger partial charge is 0.385 e. The minimum absolute atomic E-state index is 0.795. The Hall–Kier alpha value is 0.230. The molecule has 0 aromatic carbocycles. The van der Waals surface area contributed by atoms with E-state index >= 15 is 0 Å². The summed E-state index contributed by atoms with van der Waals surface area (Å²) in [6.45, 7) is 4.52. The van der Waals surface area contributed by atoms with E-state index < -0.39 is 0 Å². The van der Waals surface area contributed by atoms with E-state index in [1.807, 2.05) is 11.8 Å². The number of thioether (sulfide) groups is 1. The highest BCUT2D eigenvalue weighted by Gasteiger charge is 1.91. The molecule has 17 heavy (non-hydrogen) atoms. The molecule has 0 atom stereocenters. The van der Waals surface area contributed by atoms with Crippen LogP contribution in [0.3, 0.4) is 0 Å².